The lowest BCUT2D eigenvalue weighted by Crippen LogP contribution is -1.94. The van der Waals surface area contributed by atoms with Gasteiger partial charge in [0.05, 0.1) is 28.2 Å². The molecule has 0 bridgehead atoms. The largest absolute Gasteiger partial charge is 0.435 e. The lowest BCUT2D eigenvalue weighted by Gasteiger charge is -2.07. The Morgan fingerprint density at radius 3 is 2.77 bits per heavy atom. The predicted octanol–water partition coefficient (Wildman–Crippen LogP) is 3.88. The van der Waals surface area contributed by atoms with E-state index in [1.165, 1.54) is 0 Å². The number of nitrogens with zero attached hydrogens (tertiary/aromatic N) is 4. The van der Waals surface area contributed by atoms with Gasteiger partial charge in [0.2, 0.25) is 5.88 Å². The molecule has 0 saturated heterocycles. The molecule has 0 amide bonds. The molecule has 0 radical (unpaired) electrons. The average molecular weight is 308 g/mol. The van der Waals surface area contributed by atoms with Gasteiger partial charge >= 0.3 is 0 Å². The average Bonchev–Trinajstić information content (AvgIpc) is 3.19. The van der Waals surface area contributed by atoms with Gasteiger partial charge in [0, 0.05) is 7.05 Å². The Hall–Kier alpha value is -2.73. The standard InChI is InChI=1S/C16H12N4OS/c1-20-10-11(9-17-20)21-16-12-5-2-3-6-13(12)18-15(19-16)14-7-4-8-22-14/h2-10H,1H3. The lowest BCUT2D eigenvalue weighted by molar-refractivity contribution is 0.468. The number of benzene rings is 1. The second-order valence-electron chi connectivity index (χ2n) is 4.80. The number of thiophene rings is 1. The van der Waals surface area contributed by atoms with Gasteiger partial charge in [-0.1, -0.05) is 18.2 Å². The van der Waals surface area contributed by atoms with Gasteiger partial charge in [0.15, 0.2) is 11.6 Å². The number of aromatic nitrogens is 4. The van der Waals surface area contributed by atoms with Crippen molar-refractivity contribution in [2.24, 2.45) is 7.05 Å². The molecule has 3 heterocycles. The minimum Gasteiger partial charge on any atom is -0.435 e. The Morgan fingerprint density at radius 2 is 2.00 bits per heavy atom. The summed E-state index contributed by atoms with van der Waals surface area (Å²) < 4.78 is 7.61. The Balaban J connectivity index is 1.87. The van der Waals surface area contributed by atoms with Crippen LogP contribution in [0.2, 0.25) is 0 Å². The van der Waals surface area contributed by atoms with Gasteiger partial charge in [-0.25, -0.2) is 4.98 Å². The van der Waals surface area contributed by atoms with Gasteiger partial charge in [0.25, 0.3) is 0 Å². The fourth-order valence-corrected chi connectivity index (χ4v) is 2.86. The van der Waals surface area contributed by atoms with Crippen molar-refractivity contribution in [3.05, 3.63) is 54.2 Å². The summed E-state index contributed by atoms with van der Waals surface area (Å²) in [7, 11) is 1.85. The second-order valence-corrected chi connectivity index (χ2v) is 5.75. The van der Waals surface area contributed by atoms with E-state index in [0.717, 1.165) is 15.8 Å². The number of hydrogen-bond acceptors (Lipinski definition) is 5. The first-order valence-corrected chi connectivity index (χ1v) is 7.65. The maximum absolute atomic E-state index is 5.92. The van der Waals surface area contributed by atoms with Crippen LogP contribution in [-0.4, -0.2) is 19.7 Å². The third kappa shape index (κ3) is 2.33. The van der Waals surface area contributed by atoms with Crippen molar-refractivity contribution in [3.63, 3.8) is 0 Å². The molecule has 0 spiro atoms. The first-order valence-electron chi connectivity index (χ1n) is 6.77. The molecule has 0 N–H and O–H groups in total. The molecule has 4 rings (SSSR count). The molecule has 5 nitrogen and oxygen atoms in total. The van der Waals surface area contributed by atoms with Gasteiger partial charge in [-0.15, -0.1) is 11.3 Å². The SMILES string of the molecule is Cn1cc(Oc2nc(-c3cccs3)nc3ccccc23)cn1. The number of fused-ring (bicyclic) bond motifs is 1. The molecule has 1 aromatic carbocycles. The molecule has 0 atom stereocenters. The Morgan fingerprint density at radius 1 is 1.09 bits per heavy atom. The molecule has 3 aromatic heterocycles. The Kier molecular flexibility index (Phi) is 3.08. The van der Waals surface area contributed by atoms with Crippen molar-refractivity contribution in [3.8, 4) is 22.3 Å². The molecule has 22 heavy (non-hydrogen) atoms. The summed E-state index contributed by atoms with van der Waals surface area (Å²) in [5.74, 6) is 1.87. The summed E-state index contributed by atoms with van der Waals surface area (Å²) in [6.07, 6.45) is 3.48. The third-order valence-corrected chi connectivity index (χ3v) is 4.07. The monoisotopic (exact) mass is 308 g/mol. The minimum absolute atomic E-state index is 0.544. The molecule has 4 aromatic rings. The summed E-state index contributed by atoms with van der Waals surface area (Å²) in [6.45, 7) is 0. The van der Waals surface area contributed by atoms with E-state index in [-0.39, 0.29) is 0 Å². The van der Waals surface area contributed by atoms with Crippen LogP contribution in [0.3, 0.4) is 0 Å². The number of para-hydroxylation sites is 1. The fourth-order valence-electron chi connectivity index (χ4n) is 2.20. The van der Waals surface area contributed by atoms with Crippen molar-refractivity contribution in [2.45, 2.75) is 0 Å². The number of rotatable bonds is 3. The van der Waals surface area contributed by atoms with Crippen molar-refractivity contribution in [1.29, 1.82) is 0 Å². The van der Waals surface area contributed by atoms with Crippen LogP contribution in [0.15, 0.2) is 54.2 Å². The van der Waals surface area contributed by atoms with Gasteiger partial charge in [0.1, 0.15) is 0 Å². The second kappa shape index (κ2) is 5.23. The highest BCUT2D eigenvalue weighted by Gasteiger charge is 2.12. The van der Waals surface area contributed by atoms with Crippen LogP contribution in [0.25, 0.3) is 21.6 Å². The molecule has 0 aliphatic carbocycles. The van der Waals surface area contributed by atoms with Crippen LogP contribution < -0.4 is 4.74 Å². The number of ether oxygens (including phenoxy) is 1. The third-order valence-electron chi connectivity index (χ3n) is 3.21. The van der Waals surface area contributed by atoms with Gasteiger partial charge < -0.3 is 4.74 Å². The topological polar surface area (TPSA) is 52.8 Å². The molecule has 0 aliphatic heterocycles. The Bertz CT molecular complexity index is 930. The van der Waals surface area contributed by atoms with Crippen LogP contribution in [0, 0.1) is 0 Å². The van der Waals surface area contributed by atoms with E-state index in [1.807, 2.05) is 55.0 Å². The predicted molar refractivity (Wildman–Crippen MR) is 86.1 cm³/mol. The van der Waals surface area contributed by atoms with Gasteiger partial charge in [-0.05, 0) is 23.6 Å². The van der Waals surface area contributed by atoms with E-state index in [2.05, 4.69) is 15.1 Å². The summed E-state index contributed by atoms with van der Waals surface area (Å²) in [6, 6.07) is 11.8. The maximum Gasteiger partial charge on any atom is 0.230 e. The zero-order chi connectivity index (χ0) is 14.9. The van der Waals surface area contributed by atoms with Crippen molar-refractivity contribution < 1.29 is 4.74 Å². The van der Waals surface area contributed by atoms with Crippen LogP contribution >= 0.6 is 11.3 Å². The molecule has 0 unspecified atom stereocenters. The first kappa shape index (κ1) is 13.0. The summed E-state index contributed by atoms with van der Waals surface area (Å²) in [5, 5.41) is 7.01. The van der Waals surface area contributed by atoms with Crippen LogP contribution in [-0.2, 0) is 7.05 Å². The van der Waals surface area contributed by atoms with Crippen LogP contribution in [0.4, 0.5) is 0 Å². The molecule has 108 valence electrons. The van der Waals surface area contributed by atoms with Gasteiger partial charge in [-0.2, -0.15) is 10.1 Å². The lowest BCUT2D eigenvalue weighted by atomic mass is 10.2. The van der Waals surface area contributed by atoms with Crippen molar-refractivity contribution in [2.75, 3.05) is 0 Å². The number of hydrogen-bond donors (Lipinski definition) is 0. The normalized spacial score (nSPS) is 11.0. The van der Waals surface area contributed by atoms with Gasteiger partial charge in [-0.3, -0.25) is 4.68 Å². The molecule has 0 saturated carbocycles. The first-order chi connectivity index (χ1) is 10.8. The van der Waals surface area contributed by atoms with E-state index >= 15 is 0 Å². The zero-order valence-corrected chi connectivity index (χ0v) is 12.6. The van der Waals surface area contributed by atoms with E-state index in [1.54, 1.807) is 22.2 Å². The highest BCUT2D eigenvalue weighted by atomic mass is 32.1. The van der Waals surface area contributed by atoms with Crippen molar-refractivity contribution in [1.82, 2.24) is 19.7 Å². The highest BCUT2D eigenvalue weighted by molar-refractivity contribution is 7.13. The molecule has 6 heteroatoms. The molecular formula is C16H12N4OS. The quantitative estimate of drug-likeness (QED) is 0.576. The smallest absolute Gasteiger partial charge is 0.230 e. The zero-order valence-electron chi connectivity index (χ0n) is 11.8. The highest BCUT2D eigenvalue weighted by Crippen LogP contribution is 2.31. The minimum atomic E-state index is 0.544. The fraction of sp³-hybridized carbons (Fsp3) is 0.0625. The van der Waals surface area contributed by atoms with E-state index < -0.39 is 0 Å². The Labute approximate surface area is 130 Å². The van der Waals surface area contributed by atoms with Crippen LogP contribution in [0.5, 0.6) is 11.6 Å². The van der Waals surface area contributed by atoms with Crippen LogP contribution in [0.1, 0.15) is 0 Å². The molecular weight excluding hydrogens is 296 g/mol. The summed E-state index contributed by atoms with van der Waals surface area (Å²) in [5.41, 5.74) is 0.861. The molecule has 0 aliphatic rings. The van der Waals surface area contributed by atoms with E-state index in [9.17, 15) is 0 Å². The maximum atomic E-state index is 5.92. The summed E-state index contributed by atoms with van der Waals surface area (Å²) in [4.78, 5) is 10.2. The van der Waals surface area contributed by atoms with Crippen molar-refractivity contribution >= 4 is 22.2 Å². The van der Waals surface area contributed by atoms with E-state index in [4.69, 9.17) is 4.74 Å². The number of aryl methyl sites for hydroxylation is 1. The summed E-state index contributed by atoms with van der Waals surface area (Å²) >= 11 is 1.61. The van der Waals surface area contributed by atoms with E-state index in [0.29, 0.717) is 17.5 Å². The molecule has 0 fully saturated rings.